The molecule has 1 unspecified atom stereocenters. The Labute approximate surface area is 264 Å². The van der Waals surface area contributed by atoms with E-state index in [2.05, 4.69) is 14.5 Å². The number of rotatable bonds is 9. The number of fused-ring (bicyclic) bond motifs is 2. The van der Waals surface area contributed by atoms with Crippen molar-refractivity contribution in [2.24, 2.45) is 7.05 Å². The molecule has 0 amide bonds. The molecule has 1 aliphatic rings. The summed E-state index contributed by atoms with van der Waals surface area (Å²) in [6.45, 7) is -5.13. The van der Waals surface area contributed by atoms with Crippen LogP contribution in [0.1, 0.15) is 6.42 Å². The first-order chi connectivity index (χ1) is 22.7. The average molecular weight is 647 g/mol. The summed E-state index contributed by atoms with van der Waals surface area (Å²) < 4.78 is 75.5. The number of aromatic nitrogens is 4. The first-order valence-corrected chi connectivity index (χ1v) is 14.6. The van der Waals surface area contributed by atoms with Gasteiger partial charge in [-0.2, -0.15) is 22.5 Å². The van der Waals surface area contributed by atoms with Crippen LogP contribution in [0.25, 0.3) is 50.0 Å². The molecule has 9 nitrogen and oxygen atoms in total. The summed E-state index contributed by atoms with van der Waals surface area (Å²) in [5.41, 5.74) is 3.89. The molecule has 0 N–H and O–H groups in total. The van der Waals surface area contributed by atoms with E-state index in [9.17, 15) is 22.4 Å². The van der Waals surface area contributed by atoms with Crippen molar-refractivity contribution in [1.82, 2.24) is 19.1 Å². The zero-order valence-electron chi connectivity index (χ0n) is 24.8. The minimum atomic E-state index is -3.01. The van der Waals surface area contributed by atoms with E-state index in [1.54, 1.807) is 30.6 Å². The second kappa shape index (κ2) is 12.4. The van der Waals surface area contributed by atoms with Crippen LogP contribution in [0.2, 0.25) is 0 Å². The molecule has 0 bridgehead atoms. The highest BCUT2D eigenvalue weighted by atomic mass is 19.3. The van der Waals surface area contributed by atoms with Gasteiger partial charge >= 0.3 is 13.2 Å². The number of nitrogens with zero attached hydrogens (tertiary/aromatic N) is 4. The van der Waals surface area contributed by atoms with Gasteiger partial charge in [-0.05, 0) is 71.8 Å². The van der Waals surface area contributed by atoms with Crippen molar-refractivity contribution in [2.45, 2.75) is 25.7 Å². The highest BCUT2D eigenvalue weighted by molar-refractivity contribution is 5.90. The van der Waals surface area contributed by atoms with Gasteiger partial charge in [0.1, 0.15) is 17.6 Å². The topological polar surface area (TPSA) is 89.6 Å². The molecule has 7 rings (SSSR count). The lowest BCUT2D eigenvalue weighted by Gasteiger charge is -2.19. The minimum Gasteiger partial charge on any atom is -0.471 e. The van der Waals surface area contributed by atoms with E-state index in [0.29, 0.717) is 53.0 Å². The fourth-order valence-corrected chi connectivity index (χ4v) is 5.61. The Hall–Kier alpha value is -5.43. The molecule has 6 aromatic rings. The molecule has 1 fully saturated rings. The molecule has 0 saturated carbocycles. The number of hydrogen-bond donors (Lipinski definition) is 0. The number of pyridine rings is 2. The second-order valence-corrected chi connectivity index (χ2v) is 10.9. The zero-order chi connectivity index (χ0) is 32.7. The van der Waals surface area contributed by atoms with Crippen LogP contribution in [0.5, 0.6) is 17.4 Å². The number of imidazole rings is 1. The fourth-order valence-electron chi connectivity index (χ4n) is 5.61. The first kappa shape index (κ1) is 30.2. The number of hydrogen-bond acceptors (Lipinski definition) is 7. The first-order valence-electron chi connectivity index (χ1n) is 14.6. The van der Waals surface area contributed by atoms with Crippen LogP contribution in [0, 0.1) is 0 Å². The van der Waals surface area contributed by atoms with E-state index in [-0.39, 0.29) is 29.1 Å². The molecule has 47 heavy (non-hydrogen) atoms. The van der Waals surface area contributed by atoms with Gasteiger partial charge in [0.25, 0.3) is 5.56 Å². The van der Waals surface area contributed by atoms with Crippen molar-refractivity contribution in [2.75, 3.05) is 13.2 Å². The normalized spacial score (nSPS) is 14.8. The molecule has 240 valence electrons. The van der Waals surface area contributed by atoms with Crippen molar-refractivity contribution >= 4 is 22.1 Å². The molecule has 13 heteroatoms. The van der Waals surface area contributed by atoms with Gasteiger partial charge in [0, 0.05) is 30.0 Å². The predicted molar refractivity (Wildman–Crippen MR) is 166 cm³/mol. The molecular formula is C34H26F4N4O5. The third kappa shape index (κ3) is 6.09. The zero-order valence-corrected chi connectivity index (χ0v) is 24.8. The van der Waals surface area contributed by atoms with E-state index < -0.39 is 18.8 Å². The largest absolute Gasteiger partial charge is 0.471 e. The minimum absolute atomic E-state index is 0.00916. The van der Waals surface area contributed by atoms with Gasteiger partial charge < -0.3 is 23.5 Å². The van der Waals surface area contributed by atoms with Crippen LogP contribution in [0.3, 0.4) is 0 Å². The molecule has 1 aliphatic heterocycles. The maximum atomic E-state index is 14.4. The number of aryl methyl sites for hydroxylation is 1. The highest BCUT2D eigenvalue weighted by Crippen LogP contribution is 2.36. The Kier molecular flexibility index (Phi) is 7.98. The maximum Gasteiger partial charge on any atom is 0.387 e. The Bertz CT molecular complexity index is 2130. The smallest absolute Gasteiger partial charge is 0.387 e. The molecule has 1 atom stereocenters. The number of alkyl halides is 4. The Morgan fingerprint density at radius 1 is 0.851 bits per heavy atom. The van der Waals surface area contributed by atoms with Crippen LogP contribution >= 0.6 is 0 Å². The molecular weight excluding hydrogens is 620 g/mol. The van der Waals surface area contributed by atoms with Crippen molar-refractivity contribution in [3.05, 3.63) is 95.5 Å². The number of benzene rings is 3. The standard InChI is InChI=1S/C34H26F4N4O5/c1-41-18-39-28-11-4-20(16-29(28)41)27-15-21-14-26(19-2-7-23(8-3-19)46-33(35)36)31(45-25-12-13-44-17-25)40-30(21)42(32(27)43)22-5-9-24(10-6-22)47-34(37)38/h2-11,14-16,18,25,33-34H,12-13,17H2,1H3. The molecule has 4 heterocycles. The quantitative estimate of drug-likeness (QED) is 0.157. The third-order valence-electron chi connectivity index (χ3n) is 7.85. The summed E-state index contributed by atoms with van der Waals surface area (Å²) in [4.78, 5) is 23.6. The second-order valence-electron chi connectivity index (χ2n) is 10.9. The van der Waals surface area contributed by atoms with Crippen molar-refractivity contribution in [3.63, 3.8) is 0 Å². The van der Waals surface area contributed by atoms with E-state index in [0.717, 1.165) is 11.0 Å². The lowest BCUT2D eigenvalue weighted by atomic mass is 10.0. The van der Waals surface area contributed by atoms with Crippen LogP contribution in [-0.2, 0) is 11.8 Å². The lowest BCUT2D eigenvalue weighted by molar-refractivity contribution is -0.0505. The van der Waals surface area contributed by atoms with Gasteiger partial charge in [-0.3, -0.25) is 9.36 Å². The monoisotopic (exact) mass is 646 g/mol. The van der Waals surface area contributed by atoms with Crippen molar-refractivity contribution in [3.8, 4) is 45.3 Å². The van der Waals surface area contributed by atoms with Crippen LogP contribution in [-0.4, -0.2) is 51.6 Å². The summed E-state index contributed by atoms with van der Waals surface area (Å²) in [6.07, 6.45) is 1.99. The van der Waals surface area contributed by atoms with E-state index in [1.807, 2.05) is 29.8 Å². The van der Waals surface area contributed by atoms with Gasteiger partial charge in [0.15, 0.2) is 5.65 Å². The van der Waals surface area contributed by atoms with Gasteiger partial charge in [-0.25, -0.2) is 4.98 Å². The molecule has 0 radical (unpaired) electrons. The SMILES string of the molecule is Cn1cnc2ccc(-c3cc4cc(-c5ccc(OC(F)F)cc5)c(OC5CCOC5)nc4n(-c4ccc(OC(F)F)cc4)c3=O)cc21. The van der Waals surface area contributed by atoms with Gasteiger partial charge in [0.05, 0.1) is 36.3 Å². The molecule has 3 aromatic carbocycles. The Morgan fingerprint density at radius 3 is 2.17 bits per heavy atom. The predicted octanol–water partition coefficient (Wildman–Crippen LogP) is 6.98. The summed E-state index contributed by atoms with van der Waals surface area (Å²) in [5.74, 6) is 0.120. The highest BCUT2D eigenvalue weighted by Gasteiger charge is 2.23. The summed E-state index contributed by atoms with van der Waals surface area (Å²) >= 11 is 0. The Balaban J connectivity index is 1.46. The van der Waals surface area contributed by atoms with Gasteiger partial charge in [0.2, 0.25) is 5.88 Å². The lowest BCUT2D eigenvalue weighted by Crippen LogP contribution is -2.22. The molecule has 3 aromatic heterocycles. The van der Waals surface area contributed by atoms with Crippen LogP contribution in [0.15, 0.2) is 90.0 Å². The van der Waals surface area contributed by atoms with Gasteiger partial charge in [-0.15, -0.1) is 0 Å². The van der Waals surface area contributed by atoms with Crippen molar-refractivity contribution in [1.29, 1.82) is 0 Å². The summed E-state index contributed by atoms with van der Waals surface area (Å²) in [6, 6.07) is 20.8. The van der Waals surface area contributed by atoms with Gasteiger partial charge in [-0.1, -0.05) is 18.2 Å². The molecule has 0 spiro atoms. The Morgan fingerprint density at radius 2 is 1.51 bits per heavy atom. The number of halogens is 4. The number of ether oxygens (including phenoxy) is 4. The van der Waals surface area contributed by atoms with Crippen LogP contribution in [0.4, 0.5) is 17.6 Å². The van der Waals surface area contributed by atoms with E-state index in [4.69, 9.17) is 14.5 Å². The van der Waals surface area contributed by atoms with E-state index >= 15 is 0 Å². The summed E-state index contributed by atoms with van der Waals surface area (Å²) in [5, 5.41) is 0.551. The maximum absolute atomic E-state index is 14.4. The molecule has 1 saturated heterocycles. The van der Waals surface area contributed by atoms with E-state index in [1.165, 1.54) is 41.0 Å². The van der Waals surface area contributed by atoms with Crippen LogP contribution < -0.4 is 19.8 Å². The summed E-state index contributed by atoms with van der Waals surface area (Å²) in [7, 11) is 1.85. The fraction of sp³-hybridized carbons (Fsp3) is 0.206. The third-order valence-corrected chi connectivity index (χ3v) is 7.85. The average Bonchev–Trinajstić information content (AvgIpc) is 3.70. The van der Waals surface area contributed by atoms with Crippen molar-refractivity contribution < 1.29 is 36.5 Å². The molecule has 0 aliphatic carbocycles.